The monoisotopic (exact) mass is 302 g/mol. The predicted molar refractivity (Wildman–Crippen MR) is 84.1 cm³/mol. The van der Waals surface area contributed by atoms with Gasteiger partial charge in [0.2, 0.25) is 0 Å². The molecule has 0 bridgehead atoms. The first-order chi connectivity index (χ1) is 10.4. The zero-order valence-corrected chi connectivity index (χ0v) is 13.5. The van der Waals surface area contributed by atoms with Gasteiger partial charge in [-0.05, 0) is 79.4 Å². The lowest BCUT2D eigenvalue weighted by molar-refractivity contribution is -0.115. The Bertz CT molecular complexity index is 587. The van der Waals surface area contributed by atoms with Crippen molar-refractivity contribution in [3.05, 3.63) is 22.8 Å². The van der Waals surface area contributed by atoms with Crippen molar-refractivity contribution in [1.82, 2.24) is 0 Å². The first-order valence-electron chi connectivity index (χ1n) is 8.72. The first-order valence-corrected chi connectivity index (χ1v) is 8.72. The normalized spacial score (nSPS) is 47.7. The number of fused-ring (bicyclic) bond motifs is 4. The number of hydrogen-bond donors (Lipinski definition) is 2. The molecule has 2 saturated carbocycles. The van der Waals surface area contributed by atoms with Crippen LogP contribution in [-0.4, -0.2) is 28.2 Å². The third-order valence-corrected chi connectivity index (χ3v) is 7.20. The van der Waals surface area contributed by atoms with Gasteiger partial charge in [0.15, 0.2) is 5.78 Å². The highest BCUT2D eigenvalue weighted by molar-refractivity contribution is 5.92. The van der Waals surface area contributed by atoms with Gasteiger partial charge in [0.1, 0.15) is 0 Å². The smallest absolute Gasteiger partial charge is 0.156 e. The molecule has 120 valence electrons. The van der Waals surface area contributed by atoms with Crippen molar-refractivity contribution in [2.24, 2.45) is 23.2 Å². The number of rotatable bonds is 0. The Morgan fingerprint density at radius 3 is 2.77 bits per heavy atom. The van der Waals surface area contributed by atoms with Gasteiger partial charge in [0.25, 0.3) is 0 Å². The minimum atomic E-state index is -0.579. The van der Waals surface area contributed by atoms with Crippen LogP contribution in [-0.2, 0) is 4.79 Å². The number of ketones is 1. The lowest BCUT2D eigenvalue weighted by atomic mass is 9.56. The summed E-state index contributed by atoms with van der Waals surface area (Å²) in [5, 5.41) is 20.6. The fourth-order valence-electron chi connectivity index (χ4n) is 5.87. The van der Waals surface area contributed by atoms with E-state index in [2.05, 4.69) is 13.8 Å². The SMILES string of the molecule is CC1=C2CCC3(C)C(O)C(O)CC3C2CC2CCC(=O)C=C12. The fraction of sp³-hybridized carbons (Fsp3) is 0.737. The Labute approximate surface area is 132 Å². The van der Waals surface area contributed by atoms with Crippen molar-refractivity contribution in [2.45, 2.75) is 64.6 Å². The second-order valence-corrected chi connectivity index (χ2v) is 8.15. The van der Waals surface area contributed by atoms with E-state index in [0.717, 1.165) is 32.1 Å². The summed E-state index contributed by atoms with van der Waals surface area (Å²) in [5.74, 6) is 1.65. The van der Waals surface area contributed by atoms with Gasteiger partial charge in [-0.1, -0.05) is 12.5 Å². The molecular formula is C19H26O3. The summed E-state index contributed by atoms with van der Waals surface area (Å²) in [6.45, 7) is 4.35. The Balaban J connectivity index is 1.76. The van der Waals surface area contributed by atoms with Crippen LogP contribution in [0, 0.1) is 23.2 Å². The summed E-state index contributed by atoms with van der Waals surface area (Å²) in [6, 6.07) is 0. The van der Waals surface area contributed by atoms with E-state index >= 15 is 0 Å². The maximum Gasteiger partial charge on any atom is 0.156 e. The van der Waals surface area contributed by atoms with Crippen LogP contribution >= 0.6 is 0 Å². The van der Waals surface area contributed by atoms with Crippen molar-refractivity contribution in [3.8, 4) is 0 Å². The average molecular weight is 302 g/mol. The standard InChI is InChI=1S/C19H26O3/c1-10-13-5-6-19(2)16(9-17(21)18(19)22)15(13)7-11-3-4-12(20)8-14(10)11/h8,11,15-18,21-22H,3-7,9H2,1-2H3. The van der Waals surface area contributed by atoms with E-state index in [0.29, 0.717) is 24.2 Å². The summed E-state index contributed by atoms with van der Waals surface area (Å²) in [5.41, 5.74) is 3.98. The summed E-state index contributed by atoms with van der Waals surface area (Å²) >= 11 is 0. The Hall–Kier alpha value is -0.930. The Morgan fingerprint density at radius 1 is 1.23 bits per heavy atom. The molecule has 0 saturated heterocycles. The van der Waals surface area contributed by atoms with Gasteiger partial charge in [-0.15, -0.1) is 0 Å². The summed E-state index contributed by atoms with van der Waals surface area (Å²) in [6.07, 6.45) is 6.17. The van der Waals surface area contributed by atoms with Crippen LogP contribution in [0.4, 0.5) is 0 Å². The topological polar surface area (TPSA) is 57.5 Å². The van der Waals surface area contributed by atoms with Crippen LogP contribution in [0.5, 0.6) is 0 Å². The molecule has 3 nitrogen and oxygen atoms in total. The van der Waals surface area contributed by atoms with Crippen LogP contribution in [0.3, 0.4) is 0 Å². The lowest BCUT2D eigenvalue weighted by Crippen LogP contribution is -2.44. The van der Waals surface area contributed by atoms with E-state index in [4.69, 9.17) is 0 Å². The second kappa shape index (κ2) is 4.78. The molecule has 0 heterocycles. The minimum absolute atomic E-state index is 0.139. The molecule has 0 amide bonds. The third-order valence-electron chi connectivity index (χ3n) is 7.20. The summed E-state index contributed by atoms with van der Waals surface area (Å²) in [4.78, 5) is 11.8. The van der Waals surface area contributed by atoms with E-state index in [1.54, 1.807) is 0 Å². The maximum absolute atomic E-state index is 11.8. The molecule has 2 N–H and O–H groups in total. The van der Waals surface area contributed by atoms with Gasteiger partial charge >= 0.3 is 0 Å². The average Bonchev–Trinajstić information content (AvgIpc) is 2.72. The van der Waals surface area contributed by atoms with E-state index < -0.39 is 12.2 Å². The highest BCUT2D eigenvalue weighted by atomic mass is 16.3. The van der Waals surface area contributed by atoms with Crippen molar-refractivity contribution >= 4 is 5.78 Å². The predicted octanol–water partition coefficient (Wildman–Crippen LogP) is 2.77. The molecule has 4 aliphatic carbocycles. The minimum Gasteiger partial charge on any atom is -0.390 e. The molecule has 0 aromatic rings. The van der Waals surface area contributed by atoms with E-state index in [9.17, 15) is 15.0 Å². The summed E-state index contributed by atoms with van der Waals surface area (Å²) < 4.78 is 0. The van der Waals surface area contributed by atoms with Gasteiger partial charge in [0.05, 0.1) is 12.2 Å². The molecule has 6 unspecified atom stereocenters. The van der Waals surface area contributed by atoms with Crippen LogP contribution in [0.1, 0.15) is 52.4 Å². The summed E-state index contributed by atoms with van der Waals surface area (Å²) in [7, 11) is 0. The third kappa shape index (κ3) is 1.85. The first kappa shape index (κ1) is 14.6. The molecule has 0 aromatic carbocycles. The molecule has 6 atom stereocenters. The number of carbonyl (C=O) groups is 1. The van der Waals surface area contributed by atoms with Crippen LogP contribution in [0.25, 0.3) is 0 Å². The molecule has 3 heteroatoms. The van der Waals surface area contributed by atoms with Gasteiger partial charge in [0, 0.05) is 6.42 Å². The van der Waals surface area contributed by atoms with Crippen LogP contribution < -0.4 is 0 Å². The highest BCUT2D eigenvalue weighted by Crippen LogP contribution is 2.60. The second-order valence-electron chi connectivity index (χ2n) is 8.15. The molecule has 0 radical (unpaired) electrons. The molecule has 2 fully saturated rings. The molecular weight excluding hydrogens is 276 g/mol. The highest BCUT2D eigenvalue weighted by Gasteiger charge is 2.57. The number of carbonyl (C=O) groups excluding carboxylic acids is 1. The lowest BCUT2D eigenvalue weighted by Gasteiger charge is -2.49. The van der Waals surface area contributed by atoms with Gasteiger partial charge in [-0.25, -0.2) is 0 Å². The zero-order valence-electron chi connectivity index (χ0n) is 13.5. The zero-order chi connectivity index (χ0) is 15.6. The number of aliphatic hydroxyl groups is 2. The maximum atomic E-state index is 11.8. The van der Waals surface area contributed by atoms with Gasteiger partial charge < -0.3 is 10.2 Å². The van der Waals surface area contributed by atoms with E-state index in [-0.39, 0.29) is 11.2 Å². The van der Waals surface area contributed by atoms with E-state index in [1.807, 2.05) is 6.08 Å². The number of aliphatic hydroxyl groups excluding tert-OH is 2. The van der Waals surface area contributed by atoms with Crippen molar-refractivity contribution < 1.29 is 15.0 Å². The quantitative estimate of drug-likeness (QED) is 0.723. The number of allylic oxidation sites excluding steroid dienone is 4. The Morgan fingerprint density at radius 2 is 2.00 bits per heavy atom. The molecule has 4 aliphatic rings. The van der Waals surface area contributed by atoms with Gasteiger partial charge in [-0.2, -0.15) is 0 Å². The Kier molecular flexibility index (Phi) is 3.18. The van der Waals surface area contributed by atoms with Crippen LogP contribution in [0.2, 0.25) is 0 Å². The van der Waals surface area contributed by atoms with E-state index in [1.165, 1.54) is 16.7 Å². The number of hydrogen-bond acceptors (Lipinski definition) is 3. The van der Waals surface area contributed by atoms with Crippen molar-refractivity contribution in [2.75, 3.05) is 0 Å². The fourth-order valence-corrected chi connectivity index (χ4v) is 5.87. The van der Waals surface area contributed by atoms with Crippen molar-refractivity contribution in [3.63, 3.8) is 0 Å². The van der Waals surface area contributed by atoms with Crippen molar-refractivity contribution in [1.29, 1.82) is 0 Å². The molecule has 0 aromatic heterocycles. The molecule has 0 spiro atoms. The molecule has 22 heavy (non-hydrogen) atoms. The van der Waals surface area contributed by atoms with Crippen LogP contribution in [0.15, 0.2) is 22.8 Å². The molecule has 4 rings (SSSR count). The molecule has 0 aliphatic heterocycles. The van der Waals surface area contributed by atoms with Gasteiger partial charge in [-0.3, -0.25) is 4.79 Å². The largest absolute Gasteiger partial charge is 0.390 e.